The van der Waals surface area contributed by atoms with E-state index in [1.54, 1.807) is 20.8 Å². The summed E-state index contributed by atoms with van der Waals surface area (Å²) in [6, 6.07) is 56.3. The van der Waals surface area contributed by atoms with Gasteiger partial charge >= 0.3 is 6.09 Å². The number of carbonyl (C=O) groups excluding carboxylic acids is 2. The maximum atomic E-state index is 13.5. The quantitative estimate of drug-likeness (QED) is 0.114. The summed E-state index contributed by atoms with van der Waals surface area (Å²) in [5.41, 5.74) is 6.24. The Balaban J connectivity index is 1.17. The second-order valence-electron chi connectivity index (χ2n) is 14.9. The van der Waals surface area contributed by atoms with Gasteiger partial charge in [-0.1, -0.05) is 170 Å². The van der Waals surface area contributed by atoms with Crippen LogP contribution in [0.3, 0.4) is 0 Å². The summed E-state index contributed by atoms with van der Waals surface area (Å²) in [5.74, 6) is 0.328. The molecule has 0 saturated carbocycles. The van der Waals surface area contributed by atoms with Crippen LogP contribution in [-0.2, 0) is 28.0 Å². The molecule has 9 heteroatoms. The lowest BCUT2D eigenvalue weighted by molar-refractivity contribution is -0.123. The SMILES string of the molecule is CC(C)(C)OC(=O)N[C@H](CCc1ccccc1)C(=O)NCc1ccc(-c2ccccc2-c2nnnn2C(c2ccccc2)(c2ccccc2)c2ccccc2)cc1. The zero-order valence-corrected chi connectivity index (χ0v) is 32.4. The number of alkyl carbamates (subject to hydrolysis) is 1. The number of ether oxygens (including phenoxy) is 1. The highest BCUT2D eigenvalue weighted by Crippen LogP contribution is 2.43. The second-order valence-corrected chi connectivity index (χ2v) is 14.9. The van der Waals surface area contributed by atoms with Crippen LogP contribution in [0.2, 0.25) is 0 Å². The molecule has 0 aliphatic heterocycles. The average Bonchev–Trinajstić information content (AvgIpc) is 3.73. The molecule has 0 aliphatic rings. The van der Waals surface area contributed by atoms with Crippen molar-refractivity contribution in [2.75, 3.05) is 0 Å². The van der Waals surface area contributed by atoms with Crippen LogP contribution in [0.4, 0.5) is 4.79 Å². The van der Waals surface area contributed by atoms with Crippen LogP contribution in [0.1, 0.15) is 55.0 Å². The Morgan fingerprint density at radius 3 is 1.68 bits per heavy atom. The van der Waals surface area contributed by atoms with Crippen molar-refractivity contribution in [1.82, 2.24) is 30.8 Å². The van der Waals surface area contributed by atoms with E-state index in [1.165, 1.54) is 0 Å². The number of hydrogen-bond acceptors (Lipinski definition) is 6. The highest BCUT2D eigenvalue weighted by atomic mass is 16.6. The fraction of sp³-hybridized carbons (Fsp3) is 0.188. The van der Waals surface area contributed by atoms with E-state index < -0.39 is 23.3 Å². The molecule has 7 aromatic rings. The van der Waals surface area contributed by atoms with Crippen LogP contribution >= 0.6 is 0 Å². The number of nitrogens with zero attached hydrogens (tertiary/aromatic N) is 4. The maximum absolute atomic E-state index is 13.5. The lowest BCUT2D eigenvalue weighted by Crippen LogP contribution is -2.48. The molecule has 0 unspecified atom stereocenters. The third-order valence-electron chi connectivity index (χ3n) is 9.83. The molecule has 1 aromatic heterocycles. The zero-order chi connectivity index (χ0) is 39.7. The van der Waals surface area contributed by atoms with Crippen LogP contribution < -0.4 is 10.6 Å². The van der Waals surface area contributed by atoms with E-state index in [0.717, 1.165) is 44.5 Å². The molecule has 0 fully saturated rings. The van der Waals surface area contributed by atoms with Gasteiger partial charge in [-0.25, -0.2) is 9.48 Å². The Morgan fingerprint density at radius 2 is 1.14 bits per heavy atom. The van der Waals surface area contributed by atoms with Crippen LogP contribution in [0.5, 0.6) is 0 Å². The van der Waals surface area contributed by atoms with Gasteiger partial charge < -0.3 is 15.4 Å². The van der Waals surface area contributed by atoms with Crippen LogP contribution in [0.15, 0.2) is 170 Å². The van der Waals surface area contributed by atoms with Gasteiger partial charge in [0.15, 0.2) is 5.82 Å². The van der Waals surface area contributed by atoms with Crippen molar-refractivity contribution in [1.29, 1.82) is 0 Å². The molecular formula is C48H46N6O3. The lowest BCUT2D eigenvalue weighted by atomic mass is 9.77. The molecule has 2 amide bonds. The van der Waals surface area contributed by atoms with Gasteiger partial charge in [0.2, 0.25) is 5.91 Å². The Bertz CT molecular complexity index is 2280. The monoisotopic (exact) mass is 754 g/mol. The smallest absolute Gasteiger partial charge is 0.408 e. The second kappa shape index (κ2) is 17.3. The number of hydrogen-bond donors (Lipinski definition) is 2. The number of aromatic nitrogens is 4. The lowest BCUT2D eigenvalue weighted by Gasteiger charge is -2.36. The number of nitrogens with one attached hydrogen (secondary N) is 2. The maximum Gasteiger partial charge on any atom is 0.408 e. The van der Waals surface area contributed by atoms with Gasteiger partial charge in [-0.15, -0.1) is 5.10 Å². The van der Waals surface area contributed by atoms with E-state index in [2.05, 4.69) is 63.4 Å². The first-order chi connectivity index (χ1) is 27.7. The van der Waals surface area contributed by atoms with Crippen molar-refractivity contribution in [3.63, 3.8) is 0 Å². The van der Waals surface area contributed by atoms with Crippen LogP contribution in [0.25, 0.3) is 22.5 Å². The minimum absolute atomic E-state index is 0.281. The molecule has 286 valence electrons. The van der Waals surface area contributed by atoms with E-state index in [0.29, 0.717) is 18.7 Å². The molecule has 57 heavy (non-hydrogen) atoms. The Hall–Kier alpha value is -6.87. The number of amides is 2. The Labute approximate surface area is 333 Å². The number of tetrazole rings is 1. The molecule has 7 rings (SSSR count). The van der Waals surface area contributed by atoms with Crippen molar-refractivity contribution in [3.8, 4) is 22.5 Å². The van der Waals surface area contributed by atoms with E-state index in [9.17, 15) is 9.59 Å². The average molecular weight is 755 g/mol. The summed E-state index contributed by atoms with van der Waals surface area (Å²) in [6.07, 6.45) is 0.415. The largest absolute Gasteiger partial charge is 0.444 e. The number of carbonyl (C=O) groups is 2. The first-order valence-electron chi connectivity index (χ1n) is 19.2. The van der Waals surface area contributed by atoms with Gasteiger partial charge in [-0.3, -0.25) is 4.79 Å². The summed E-state index contributed by atoms with van der Waals surface area (Å²) in [5, 5.41) is 19.5. The molecule has 0 radical (unpaired) electrons. The van der Waals surface area contributed by atoms with Crippen molar-refractivity contribution < 1.29 is 14.3 Å². The molecule has 0 aliphatic carbocycles. The minimum Gasteiger partial charge on any atom is -0.444 e. The molecule has 9 nitrogen and oxygen atoms in total. The fourth-order valence-corrected chi connectivity index (χ4v) is 7.20. The van der Waals surface area contributed by atoms with E-state index in [-0.39, 0.29) is 12.5 Å². The predicted octanol–water partition coefficient (Wildman–Crippen LogP) is 8.99. The first kappa shape index (κ1) is 38.4. The van der Waals surface area contributed by atoms with Gasteiger partial charge in [0, 0.05) is 12.1 Å². The summed E-state index contributed by atoms with van der Waals surface area (Å²) < 4.78 is 7.41. The molecule has 2 N–H and O–H groups in total. The standard InChI is InChI=1S/C48H46N6O3/c1-47(2,3)57-46(56)50-43(33-30-35-18-8-4-9-19-35)45(55)49-34-36-28-31-37(32-29-36)41-26-16-17-27-42(41)44-51-52-53-54(44)48(38-20-10-5-11-21-38,39-22-12-6-13-23-39)40-24-14-7-15-25-40/h4-29,31-32,43H,30,33-34H2,1-3H3,(H,49,55)(H,50,56)/t43-/m1/s1. The highest BCUT2D eigenvalue weighted by Gasteiger charge is 2.42. The molecule has 1 heterocycles. The third-order valence-corrected chi connectivity index (χ3v) is 9.83. The van der Waals surface area contributed by atoms with E-state index in [1.807, 2.05) is 132 Å². The number of aryl methyl sites for hydroxylation is 1. The highest BCUT2D eigenvalue weighted by molar-refractivity contribution is 5.86. The third kappa shape index (κ3) is 8.84. The Kier molecular flexibility index (Phi) is 11.7. The number of benzene rings is 6. The molecule has 0 saturated heterocycles. The minimum atomic E-state index is -0.894. The molecule has 0 spiro atoms. The number of rotatable bonds is 13. The van der Waals surface area contributed by atoms with Crippen LogP contribution in [0, 0.1) is 0 Å². The molecule has 0 bridgehead atoms. The normalized spacial score (nSPS) is 12.1. The van der Waals surface area contributed by atoms with Crippen molar-refractivity contribution in [2.24, 2.45) is 0 Å². The van der Waals surface area contributed by atoms with Crippen LogP contribution in [-0.4, -0.2) is 43.9 Å². The topological polar surface area (TPSA) is 111 Å². The van der Waals surface area contributed by atoms with Crippen molar-refractivity contribution in [2.45, 2.75) is 57.3 Å². The summed E-state index contributed by atoms with van der Waals surface area (Å²) in [6.45, 7) is 5.67. The van der Waals surface area contributed by atoms with Gasteiger partial charge in [0.1, 0.15) is 17.2 Å². The van der Waals surface area contributed by atoms with Gasteiger partial charge in [-0.2, -0.15) is 0 Å². The molecule has 6 aromatic carbocycles. The zero-order valence-electron chi connectivity index (χ0n) is 32.4. The van der Waals surface area contributed by atoms with Gasteiger partial charge in [0.05, 0.1) is 0 Å². The van der Waals surface area contributed by atoms with E-state index >= 15 is 0 Å². The summed E-state index contributed by atoms with van der Waals surface area (Å²) in [7, 11) is 0. The van der Waals surface area contributed by atoms with Gasteiger partial charge in [-0.05, 0) is 83.0 Å². The fourth-order valence-electron chi connectivity index (χ4n) is 7.20. The van der Waals surface area contributed by atoms with Crippen molar-refractivity contribution >= 4 is 12.0 Å². The summed E-state index contributed by atoms with van der Waals surface area (Å²) in [4.78, 5) is 26.2. The van der Waals surface area contributed by atoms with Crippen molar-refractivity contribution in [3.05, 3.63) is 198 Å². The van der Waals surface area contributed by atoms with Gasteiger partial charge in [0.25, 0.3) is 0 Å². The first-order valence-corrected chi connectivity index (χ1v) is 19.2. The summed E-state index contributed by atoms with van der Waals surface area (Å²) >= 11 is 0. The van der Waals surface area contributed by atoms with E-state index in [4.69, 9.17) is 9.95 Å². The molecule has 1 atom stereocenters. The molecular weight excluding hydrogens is 709 g/mol. The predicted molar refractivity (Wildman–Crippen MR) is 223 cm³/mol. The Morgan fingerprint density at radius 1 is 0.632 bits per heavy atom.